The molecule has 0 aromatic heterocycles. The topological polar surface area (TPSA) is 53.3 Å². The summed E-state index contributed by atoms with van der Waals surface area (Å²) in [5.74, 6) is 0. The normalized spacial score (nSPS) is 11.8. The minimum absolute atomic E-state index is 0.769. The second-order valence-corrected chi connectivity index (χ2v) is 5.22. The Morgan fingerprint density at radius 1 is 0.850 bits per heavy atom. The van der Waals surface area contributed by atoms with Crippen molar-refractivity contribution in [2.24, 2.45) is 5.73 Å². The highest BCUT2D eigenvalue weighted by Gasteiger charge is 2.00. The van der Waals surface area contributed by atoms with Crippen molar-refractivity contribution < 1.29 is 0 Å². The summed E-state index contributed by atoms with van der Waals surface area (Å²) in [6.45, 7) is 13.0. The molecule has 4 heteroatoms. The summed E-state index contributed by atoms with van der Waals surface area (Å²) < 4.78 is 0. The molecule has 0 amide bonds. The van der Waals surface area contributed by atoms with Crippen molar-refractivity contribution in [3.05, 3.63) is 12.2 Å². The molecule has 20 heavy (non-hydrogen) atoms. The fourth-order valence-electron chi connectivity index (χ4n) is 2.16. The van der Waals surface area contributed by atoms with E-state index in [1.807, 2.05) is 0 Å². The van der Waals surface area contributed by atoms with E-state index in [2.05, 4.69) is 41.5 Å². The first-order chi connectivity index (χ1) is 9.85. The lowest BCUT2D eigenvalue weighted by Gasteiger charge is -2.20. The lowest BCUT2D eigenvalue weighted by Crippen LogP contribution is -2.29. The van der Waals surface area contributed by atoms with Gasteiger partial charge in [-0.15, -0.1) is 0 Å². The monoisotopic (exact) mass is 284 g/mol. The lowest BCUT2D eigenvalue weighted by molar-refractivity contribution is 0.270. The fourth-order valence-corrected chi connectivity index (χ4v) is 2.16. The van der Waals surface area contributed by atoms with E-state index in [0.717, 1.165) is 39.1 Å². The molecule has 0 saturated carbocycles. The molecule has 0 atom stereocenters. The molecule has 0 aliphatic heterocycles. The zero-order valence-electron chi connectivity index (χ0n) is 13.7. The molecule has 0 fully saturated rings. The van der Waals surface area contributed by atoms with Crippen molar-refractivity contribution in [2.45, 2.75) is 39.5 Å². The van der Waals surface area contributed by atoms with Crippen LogP contribution in [-0.4, -0.2) is 57.3 Å². The standard InChI is InChI=1S/C16H36N4/c1-3-14-20(15-4-2)16-8-13-19-11-6-5-10-18-12-7-9-17/h5-6,18-19H,3-4,7-17H2,1-2H3. The second-order valence-electron chi connectivity index (χ2n) is 5.22. The van der Waals surface area contributed by atoms with Crippen LogP contribution in [0.1, 0.15) is 39.5 Å². The third-order valence-electron chi connectivity index (χ3n) is 3.16. The fraction of sp³-hybridized carbons (Fsp3) is 0.875. The van der Waals surface area contributed by atoms with Gasteiger partial charge in [0.1, 0.15) is 0 Å². The Bertz CT molecular complexity index is 201. The Kier molecular flexibility index (Phi) is 16.3. The molecule has 0 aromatic carbocycles. The van der Waals surface area contributed by atoms with Gasteiger partial charge < -0.3 is 21.3 Å². The minimum atomic E-state index is 0.769. The number of nitrogens with one attached hydrogen (secondary N) is 2. The van der Waals surface area contributed by atoms with Crippen LogP contribution < -0.4 is 16.4 Å². The highest BCUT2D eigenvalue weighted by molar-refractivity contribution is 4.85. The molecule has 0 bridgehead atoms. The van der Waals surface area contributed by atoms with Crippen LogP contribution in [-0.2, 0) is 0 Å². The van der Waals surface area contributed by atoms with E-state index >= 15 is 0 Å². The summed E-state index contributed by atoms with van der Waals surface area (Å²) in [7, 11) is 0. The van der Waals surface area contributed by atoms with Gasteiger partial charge in [-0.2, -0.15) is 0 Å². The maximum Gasteiger partial charge on any atom is 0.0135 e. The lowest BCUT2D eigenvalue weighted by atomic mass is 10.3. The van der Waals surface area contributed by atoms with Crippen molar-refractivity contribution in [1.82, 2.24) is 15.5 Å². The van der Waals surface area contributed by atoms with Crippen molar-refractivity contribution >= 4 is 0 Å². The SMILES string of the molecule is CCCN(CCC)CCCNCC=CCNCCCN. The predicted octanol–water partition coefficient (Wildman–Crippen LogP) is 1.58. The van der Waals surface area contributed by atoms with Crippen LogP contribution in [0, 0.1) is 0 Å². The van der Waals surface area contributed by atoms with E-state index in [1.54, 1.807) is 0 Å². The minimum Gasteiger partial charge on any atom is -0.330 e. The zero-order valence-corrected chi connectivity index (χ0v) is 13.7. The highest BCUT2D eigenvalue weighted by atomic mass is 15.1. The number of hydrogen-bond acceptors (Lipinski definition) is 4. The molecule has 0 aromatic rings. The highest BCUT2D eigenvalue weighted by Crippen LogP contribution is 1.95. The van der Waals surface area contributed by atoms with Gasteiger partial charge in [-0.25, -0.2) is 0 Å². The van der Waals surface area contributed by atoms with E-state index in [-0.39, 0.29) is 0 Å². The third-order valence-corrected chi connectivity index (χ3v) is 3.16. The number of hydrogen-bond donors (Lipinski definition) is 3. The molecule has 4 nitrogen and oxygen atoms in total. The Balaban J connectivity index is 3.31. The van der Waals surface area contributed by atoms with Gasteiger partial charge in [-0.1, -0.05) is 26.0 Å². The molecule has 0 heterocycles. The van der Waals surface area contributed by atoms with E-state index in [4.69, 9.17) is 5.73 Å². The van der Waals surface area contributed by atoms with Gasteiger partial charge in [0.05, 0.1) is 0 Å². The van der Waals surface area contributed by atoms with Crippen LogP contribution in [0.3, 0.4) is 0 Å². The first-order valence-corrected chi connectivity index (χ1v) is 8.34. The Morgan fingerprint density at radius 2 is 1.40 bits per heavy atom. The molecule has 0 spiro atoms. The van der Waals surface area contributed by atoms with E-state index in [1.165, 1.54) is 38.9 Å². The molecular formula is C16H36N4. The Morgan fingerprint density at radius 3 is 1.90 bits per heavy atom. The number of nitrogens with two attached hydrogens (primary N) is 1. The van der Waals surface area contributed by atoms with Crippen molar-refractivity contribution in [3.8, 4) is 0 Å². The average Bonchev–Trinajstić information content (AvgIpc) is 2.45. The van der Waals surface area contributed by atoms with E-state index in [9.17, 15) is 0 Å². The summed E-state index contributed by atoms with van der Waals surface area (Å²) in [6.07, 6.45) is 9.19. The Hall–Kier alpha value is -0.420. The van der Waals surface area contributed by atoms with Crippen LogP contribution in [0.15, 0.2) is 12.2 Å². The zero-order chi connectivity index (χ0) is 14.9. The van der Waals surface area contributed by atoms with Crippen molar-refractivity contribution in [2.75, 3.05) is 52.4 Å². The molecule has 0 radical (unpaired) electrons. The molecule has 120 valence electrons. The van der Waals surface area contributed by atoms with E-state index < -0.39 is 0 Å². The molecular weight excluding hydrogens is 248 g/mol. The Labute approximate surface area is 126 Å². The number of nitrogens with zero attached hydrogens (tertiary/aromatic N) is 1. The summed E-state index contributed by atoms with van der Waals surface area (Å²) in [5, 5.41) is 6.80. The van der Waals surface area contributed by atoms with E-state index in [0.29, 0.717) is 0 Å². The van der Waals surface area contributed by atoms with Crippen LogP contribution >= 0.6 is 0 Å². The van der Waals surface area contributed by atoms with Gasteiger partial charge in [-0.3, -0.25) is 0 Å². The van der Waals surface area contributed by atoms with Crippen LogP contribution in [0.5, 0.6) is 0 Å². The molecule has 0 aliphatic rings. The van der Waals surface area contributed by atoms with Gasteiger partial charge in [0, 0.05) is 13.1 Å². The summed E-state index contributed by atoms with van der Waals surface area (Å²) >= 11 is 0. The first kappa shape index (κ1) is 19.6. The second kappa shape index (κ2) is 16.6. The van der Waals surface area contributed by atoms with Gasteiger partial charge in [0.25, 0.3) is 0 Å². The maximum absolute atomic E-state index is 5.43. The van der Waals surface area contributed by atoms with Crippen LogP contribution in [0.25, 0.3) is 0 Å². The third kappa shape index (κ3) is 14.0. The van der Waals surface area contributed by atoms with Gasteiger partial charge in [0.2, 0.25) is 0 Å². The average molecular weight is 284 g/mol. The summed E-state index contributed by atoms with van der Waals surface area (Å²) in [4.78, 5) is 2.57. The molecule has 0 aliphatic carbocycles. The van der Waals surface area contributed by atoms with Gasteiger partial charge in [0.15, 0.2) is 0 Å². The van der Waals surface area contributed by atoms with Gasteiger partial charge in [-0.05, 0) is 65.0 Å². The molecule has 0 saturated heterocycles. The predicted molar refractivity (Wildman–Crippen MR) is 90.2 cm³/mol. The summed E-state index contributed by atoms with van der Waals surface area (Å²) in [5.41, 5.74) is 5.43. The molecule has 0 unspecified atom stereocenters. The molecule has 0 rings (SSSR count). The van der Waals surface area contributed by atoms with Crippen molar-refractivity contribution in [3.63, 3.8) is 0 Å². The van der Waals surface area contributed by atoms with Crippen LogP contribution in [0.4, 0.5) is 0 Å². The molecule has 4 N–H and O–H groups in total. The first-order valence-electron chi connectivity index (χ1n) is 8.34. The smallest absolute Gasteiger partial charge is 0.0135 e. The summed E-state index contributed by atoms with van der Waals surface area (Å²) in [6, 6.07) is 0. The van der Waals surface area contributed by atoms with Gasteiger partial charge >= 0.3 is 0 Å². The largest absolute Gasteiger partial charge is 0.330 e. The number of rotatable bonds is 15. The van der Waals surface area contributed by atoms with Crippen LogP contribution in [0.2, 0.25) is 0 Å². The quantitative estimate of drug-likeness (QED) is 0.316. The maximum atomic E-state index is 5.43. The van der Waals surface area contributed by atoms with Crippen molar-refractivity contribution in [1.29, 1.82) is 0 Å².